The van der Waals surface area contributed by atoms with Crippen LogP contribution in [0.4, 0.5) is 4.79 Å². The van der Waals surface area contributed by atoms with Gasteiger partial charge in [0.1, 0.15) is 5.75 Å². The highest BCUT2D eigenvalue weighted by Crippen LogP contribution is 2.35. The van der Waals surface area contributed by atoms with Gasteiger partial charge in [0.15, 0.2) is 0 Å². The van der Waals surface area contributed by atoms with E-state index in [0.717, 1.165) is 0 Å². The lowest BCUT2D eigenvalue weighted by Crippen LogP contribution is -2.45. The van der Waals surface area contributed by atoms with Crippen LogP contribution in [-0.4, -0.2) is 24.2 Å². The normalized spacial score (nSPS) is 16.4. The van der Waals surface area contributed by atoms with Crippen molar-refractivity contribution in [2.45, 2.75) is 45.9 Å². The molecule has 0 spiro atoms. The van der Waals surface area contributed by atoms with Crippen LogP contribution in [0.3, 0.4) is 0 Å². The van der Waals surface area contributed by atoms with Gasteiger partial charge in [0.05, 0.1) is 34.5 Å². The van der Waals surface area contributed by atoms with E-state index in [4.69, 9.17) is 21.1 Å². The molecule has 2 aromatic rings. The molecule has 2 N–H and O–H groups in total. The average Bonchev–Trinajstić information content (AvgIpc) is 2.68. The predicted octanol–water partition coefficient (Wildman–Crippen LogP) is 4.84. The second kappa shape index (κ2) is 9.22. The second-order valence-electron chi connectivity index (χ2n) is 7.50. The Morgan fingerprint density at radius 3 is 2.33 bits per heavy atom. The van der Waals surface area contributed by atoms with E-state index in [-0.39, 0.29) is 12.2 Å². The minimum absolute atomic E-state index is 0.0342. The summed E-state index contributed by atoms with van der Waals surface area (Å²) in [5.74, 6) is 0.0224. The first kappa shape index (κ1) is 21.7. The largest absolute Gasteiger partial charge is 0.489 e. The summed E-state index contributed by atoms with van der Waals surface area (Å²) in [6, 6.07) is 13.3. The van der Waals surface area contributed by atoms with Gasteiger partial charge in [-0.1, -0.05) is 48.0 Å². The molecule has 1 aliphatic heterocycles. The fourth-order valence-electron chi connectivity index (χ4n) is 3.19. The molecular weight excluding hydrogens is 404 g/mol. The number of amides is 2. The molecule has 6 nitrogen and oxygen atoms in total. The number of carbonyl (C=O) groups is 2. The van der Waals surface area contributed by atoms with Crippen molar-refractivity contribution in [3.05, 3.63) is 70.3 Å². The third-order valence-corrected chi connectivity index (χ3v) is 4.64. The Morgan fingerprint density at radius 2 is 1.73 bits per heavy atom. The third-order valence-electron chi connectivity index (χ3n) is 4.35. The van der Waals surface area contributed by atoms with Crippen molar-refractivity contribution in [1.29, 1.82) is 0 Å². The molecule has 158 valence electrons. The Morgan fingerprint density at radius 1 is 1.03 bits per heavy atom. The predicted molar refractivity (Wildman–Crippen MR) is 116 cm³/mol. The van der Waals surface area contributed by atoms with Crippen LogP contribution in [0.25, 0.3) is 5.70 Å². The Kier molecular flexibility index (Phi) is 6.67. The molecule has 30 heavy (non-hydrogen) atoms. The fourth-order valence-corrected chi connectivity index (χ4v) is 3.42. The van der Waals surface area contributed by atoms with Crippen LogP contribution < -0.4 is 15.4 Å². The van der Waals surface area contributed by atoms with Crippen LogP contribution >= 0.6 is 11.6 Å². The molecule has 1 heterocycles. The number of carbonyl (C=O) groups excluding carboxylic acids is 2. The second-order valence-corrected chi connectivity index (χ2v) is 7.90. The molecule has 2 aromatic carbocycles. The monoisotopic (exact) mass is 428 g/mol. The van der Waals surface area contributed by atoms with Gasteiger partial charge in [0.2, 0.25) is 0 Å². The molecule has 3 rings (SSSR count). The van der Waals surface area contributed by atoms with E-state index in [1.54, 1.807) is 32.0 Å². The number of rotatable bonds is 6. The average molecular weight is 429 g/mol. The zero-order chi connectivity index (χ0) is 21.8. The zero-order valence-electron chi connectivity index (χ0n) is 17.4. The van der Waals surface area contributed by atoms with Gasteiger partial charge in [-0.3, -0.25) is 0 Å². The van der Waals surface area contributed by atoms with Gasteiger partial charge in [-0.15, -0.1) is 0 Å². The highest BCUT2D eigenvalue weighted by molar-refractivity contribution is 6.32. The minimum atomic E-state index is -0.731. The number of benzene rings is 2. The first-order chi connectivity index (χ1) is 14.3. The zero-order valence-corrected chi connectivity index (χ0v) is 18.1. The van der Waals surface area contributed by atoms with Crippen molar-refractivity contribution >= 4 is 29.3 Å². The van der Waals surface area contributed by atoms with Gasteiger partial charge in [-0.2, -0.15) is 0 Å². The van der Waals surface area contributed by atoms with Gasteiger partial charge in [-0.05, 0) is 51.0 Å². The molecular formula is C23H25ClN2O4. The lowest BCUT2D eigenvalue weighted by molar-refractivity contribution is -0.143. The number of urea groups is 1. The van der Waals surface area contributed by atoms with E-state index in [2.05, 4.69) is 10.6 Å². The van der Waals surface area contributed by atoms with Crippen LogP contribution in [0.2, 0.25) is 5.02 Å². The van der Waals surface area contributed by atoms with Crippen molar-refractivity contribution in [2.24, 2.45) is 0 Å². The Labute approximate surface area is 181 Å². The molecule has 0 radical (unpaired) electrons. The summed E-state index contributed by atoms with van der Waals surface area (Å²) in [4.78, 5) is 25.5. The Hall–Kier alpha value is -2.99. The molecule has 1 unspecified atom stereocenters. The highest BCUT2D eigenvalue weighted by atomic mass is 35.5. The summed E-state index contributed by atoms with van der Waals surface area (Å²) in [6.07, 6.45) is -0.348. The summed E-state index contributed by atoms with van der Waals surface area (Å²) in [5.41, 5.74) is 2.07. The smallest absolute Gasteiger partial charge is 0.338 e. The maximum absolute atomic E-state index is 13.1. The van der Waals surface area contributed by atoms with Gasteiger partial charge >= 0.3 is 12.0 Å². The molecule has 0 bridgehead atoms. The summed E-state index contributed by atoms with van der Waals surface area (Å²) in [6.45, 7) is 7.37. The van der Waals surface area contributed by atoms with Crippen molar-refractivity contribution in [3.63, 3.8) is 0 Å². The van der Waals surface area contributed by atoms with Gasteiger partial charge in [-0.25, -0.2) is 9.59 Å². The van der Waals surface area contributed by atoms with E-state index < -0.39 is 18.0 Å². The topological polar surface area (TPSA) is 76.7 Å². The molecule has 0 saturated heterocycles. The minimum Gasteiger partial charge on any atom is -0.489 e. The standard InChI is InChI=1S/C23H25ClN2O4/c1-13(2)29-18-11-10-16(12-17(18)24)21-19(22(27)30-14(3)4)20(25-23(28)26-21)15-8-6-5-7-9-15/h5-14,21H,1-4H3,(H2,25,26,28). The number of hydrogen-bond donors (Lipinski definition) is 2. The van der Waals surface area contributed by atoms with Crippen LogP contribution in [0.15, 0.2) is 54.1 Å². The van der Waals surface area contributed by atoms with E-state index in [1.807, 2.05) is 44.2 Å². The molecule has 2 amide bonds. The van der Waals surface area contributed by atoms with Crippen molar-refractivity contribution in [2.75, 3.05) is 0 Å². The lowest BCUT2D eigenvalue weighted by atomic mass is 9.92. The Bertz CT molecular complexity index is 970. The van der Waals surface area contributed by atoms with Crippen LogP contribution in [-0.2, 0) is 9.53 Å². The maximum Gasteiger partial charge on any atom is 0.338 e. The molecule has 7 heteroatoms. The third kappa shape index (κ3) is 4.94. The molecule has 0 saturated carbocycles. The van der Waals surface area contributed by atoms with Crippen molar-refractivity contribution in [1.82, 2.24) is 10.6 Å². The molecule has 1 aliphatic rings. The van der Waals surface area contributed by atoms with Gasteiger partial charge in [0, 0.05) is 0 Å². The quantitative estimate of drug-likeness (QED) is 0.645. The van der Waals surface area contributed by atoms with Crippen molar-refractivity contribution < 1.29 is 19.1 Å². The first-order valence-electron chi connectivity index (χ1n) is 9.80. The van der Waals surface area contributed by atoms with Gasteiger partial charge < -0.3 is 20.1 Å². The SMILES string of the molecule is CC(C)OC(=O)C1=C(c2ccccc2)NC(=O)NC1c1ccc(OC(C)C)c(Cl)c1. The summed E-state index contributed by atoms with van der Waals surface area (Å²) >= 11 is 6.41. The van der Waals surface area contributed by atoms with E-state index in [9.17, 15) is 9.59 Å². The number of nitrogens with one attached hydrogen (secondary N) is 2. The van der Waals surface area contributed by atoms with E-state index >= 15 is 0 Å². The van der Waals surface area contributed by atoms with Crippen LogP contribution in [0.5, 0.6) is 5.75 Å². The van der Waals surface area contributed by atoms with E-state index in [0.29, 0.717) is 33.2 Å². The van der Waals surface area contributed by atoms with Crippen LogP contribution in [0, 0.1) is 0 Å². The Balaban J connectivity index is 2.12. The lowest BCUT2D eigenvalue weighted by Gasteiger charge is -2.30. The van der Waals surface area contributed by atoms with Crippen molar-refractivity contribution in [3.8, 4) is 5.75 Å². The van der Waals surface area contributed by atoms with E-state index in [1.165, 1.54) is 0 Å². The molecule has 0 fully saturated rings. The van der Waals surface area contributed by atoms with Crippen LogP contribution in [0.1, 0.15) is 44.9 Å². The summed E-state index contributed by atoms with van der Waals surface area (Å²) in [5, 5.41) is 5.97. The molecule has 0 aromatic heterocycles. The summed E-state index contributed by atoms with van der Waals surface area (Å²) in [7, 11) is 0. The molecule has 0 aliphatic carbocycles. The number of halogens is 1. The summed E-state index contributed by atoms with van der Waals surface area (Å²) < 4.78 is 11.2. The number of esters is 1. The number of hydrogen-bond acceptors (Lipinski definition) is 4. The maximum atomic E-state index is 13.1. The fraction of sp³-hybridized carbons (Fsp3) is 0.304. The molecule has 1 atom stereocenters. The number of ether oxygens (including phenoxy) is 2. The van der Waals surface area contributed by atoms with Gasteiger partial charge in [0.25, 0.3) is 0 Å². The first-order valence-corrected chi connectivity index (χ1v) is 10.2. The highest BCUT2D eigenvalue weighted by Gasteiger charge is 2.35.